The van der Waals surface area contributed by atoms with Crippen molar-refractivity contribution >= 4 is 0 Å². The van der Waals surface area contributed by atoms with E-state index in [0.717, 1.165) is 11.1 Å². The van der Waals surface area contributed by atoms with Crippen LogP contribution in [0.3, 0.4) is 0 Å². The zero-order valence-electron chi connectivity index (χ0n) is 10.2. The van der Waals surface area contributed by atoms with Gasteiger partial charge in [-0.2, -0.15) is 4.98 Å². The third-order valence-electron chi connectivity index (χ3n) is 2.73. The van der Waals surface area contributed by atoms with Gasteiger partial charge in [0.25, 0.3) is 5.89 Å². The molecule has 0 saturated heterocycles. The highest BCUT2D eigenvalue weighted by Gasteiger charge is 2.13. The largest absolute Gasteiger partial charge is 0.507 e. The third kappa shape index (κ3) is 2.18. The molecule has 0 spiro atoms. The molecule has 2 aromatic heterocycles. The fourth-order valence-electron chi connectivity index (χ4n) is 1.77. The molecule has 0 atom stereocenters. The molecular formula is C14H11N3O2. The molecule has 19 heavy (non-hydrogen) atoms. The van der Waals surface area contributed by atoms with Crippen molar-refractivity contribution in [3.63, 3.8) is 0 Å². The van der Waals surface area contributed by atoms with Gasteiger partial charge in [-0.3, -0.25) is 4.98 Å². The normalized spacial score (nSPS) is 10.6. The Labute approximate surface area is 109 Å². The van der Waals surface area contributed by atoms with Crippen LogP contribution in [0.2, 0.25) is 0 Å². The molecule has 0 aliphatic rings. The number of benzene rings is 1. The summed E-state index contributed by atoms with van der Waals surface area (Å²) in [5.41, 5.74) is 2.26. The van der Waals surface area contributed by atoms with Crippen molar-refractivity contribution in [3.8, 4) is 28.6 Å². The lowest BCUT2D eigenvalue weighted by molar-refractivity contribution is 0.425. The monoisotopic (exact) mass is 253 g/mol. The van der Waals surface area contributed by atoms with Crippen molar-refractivity contribution in [3.05, 3.63) is 48.3 Å². The summed E-state index contributed by atoms with van der Waals surface area (Å²) in [7, 11) is 0. The number of hydrogen-bond acceptors (Lipinski definition) is 5. The van der Waals surface area contributed by atoms with E-state index in [1.165, 1.54) is 0 Å². The van der Waals surface area contributed by atoms with Crippen LogP contribution < -0.4 is 0 Å². The maximum atomic E-state index is 9.88. The van der Waals surface area contributed by atoms with E-state index in [0.29, 0.717) is 11.4 Å². The van der Waals surface area contributed by atoms with Crippen molar-refractivity contribution in [2.45, 2.75) is 6.92 Å². The first-order chi connectivity index (χ1) is 9.24. The van der Waals surface area contributed by atoms with Gasteiger partial charge in [0.15, 0.2) is 0 Å². The number of aromatic nitrogens is 3. The molecule has 0 aliphatic carbocycles. The molecular weight excluding hydrogens is 242 g/mol. The lowest BCUT2D eigenvalue weighted by Crippen LogP contribution is -1.83. The SMILES string of the molecule is Cc1ccc(-c2nc(-c3cccnc3)no2)c(O)c1. The molecule has 0 unspecified atom stereocenters. The molecule has 0 fully saturated rings. The Morgan fingerprint density at radius 2 is 2.11 bits per heavy atom. The highest BCUT2D eigenvalue weighted by Crippen LogP contribution is 2.29. The fraction of sp³-hybridized carbons (Fsp3) is 0.0714. The van der Waals surface area contributed by atoms with Gasteiger partial charge in [0.2, 0.25) is 5.82 Å². The van der Waals surface area contributed by atoms with Crippen LogP contribution in [0.5, 0.6) is 5.75 Å². The Balaban J connectivity index is 2.02. The molecule has 2 heterocycles. The van der Waals surface area contributed by atoms with Crippen molar-refractivity contribution in [1.82, 2.24) is 15.1 Å². The van der Waals surface area contributed by atoms with E-state index in [4.69, 9.17) is 4.52 Å². The lowest BCUT2D eigenvalue weighted by atomic mass is 10.1. The highest BCUT2D eigenvalue weighted by molar-refractivity contribution is 5.65. The van der Waals surface area contributed by atoms with Crippen molar-refractivity contribution in [1.29, 1.82) is 0 Å². The Morgan fingerprint density at radius 1 is 1.21 bits per heavy atom. The Morgan fingerprint density at radius 3 is 2.84 bits per heavy atom. The van der Waals surface area contributed by atoms with Crippen LogP contribution in [0.4, 0.5) is 0 Å². The van der Waals surface area contributed by atoms with Crippen LogP contribution in [-0.2, 0) is 0 Å². The number of phenols is 1. The Hall–Kier alpha value is -2.69. The second-order valence-electron chi connectivity index (χ2n) is 4.19. The standard InChI is InChI=1S/C14H11N3O2/c1-9-4-5-11(12(18)7-9)14-16-13(17-19-14)10-3-2-6-15-8-10/h2-8,18H,1H3. The van der Waals surface area contributed by atoms with E-state index >= 15 is 0 Å². The lowest BCUT2D eigenvalue weighted by Gasteiger charge is -1.99. The number of nitrogens with zero attached hydrogens (tertiary/aromatic N) is 3. The van der Waals surface area contributed by atoms with Crippen LogP contribution in [-0.4, -0.2) is 20.2 Å². The minimum absolute atomic E-state index is 0.126. The summed E-state index contributed by atoms with van der Waals surface area (Å²) in [6.45, 7) is 1.90. The Kier molecular flexibility index (Phi) is 2.72. The number of hydrogen-bond donors (Lipinski definition) is 1. The molecule has 5 nitrogen and oxygen atoms in total. The van der Waals surface area contributed by atoms with Gasteiger partial charge in [-0.1, -0.05) is 11.2 Å². The van der Waals surface area contributed by atoms with Crippen molar-refractivity contribution in [2.75, 3.05) is 0 Å². The molecule has 1 N–H and O–H groups in total. The average Bonchev–Trinajstić information content (AvgIpc) is 2.89. The quantitative estimate of drug-likeness (QED) is 0.760. The summed E-state index contributed by atoms with van der Waals surface area (Å²) in [6.07, 6.45) is 3.33. The summed E-state index contributed by atoms with van der Waals surface area (Å²) in [4.78, 5) is 8.26. The number of phenolic OH excluding ortho intramolecular Hbond substituents is 1. The van der Waals surface area contributed by atoms with E-state index in [2.05, 4.69) is 15.1 Å². The third-order valence-corrected chi connectivity index (χ3v) is 2.73. The molecule has 0 radical (unpaired) electrons. The summed E-state index contributed by atoms with van der Waals surface area (Å²) in [5, 5.41) is 13.8. The fourth-order valence-corrected chi connectivity index (χ4v) is 1.77. The second kappa shape index (κ2) is 4.53. The number of aryl methyl sites for hydroxylation is 1. The zero-order chi connectivity index (χ0) is 13.2. The minimum Gasteiger partial charge on any atom is -0.507 e. The van der Waals surface area contributed by atoms with Gasteiger partial charge in [-0.25, -0.2) is 0 Å². The summed E-state index contributed by atoms with van der Waals surface area (Å²) in [6, 6.07) is 8.93. The van der Waals surface area contributed by atoms with Crippen LogP contribution in [0.25, 0.3) is 22.8 Å². The molecule has 3 rings (SSSR count). The maximum absolute atomic E-state index is 9.88. The molecule has 94 valence electrons. The predicted octanol–water partition coefficient (Wildman–Crippen LogP) is 2.81. The van der Waals surface area contributed by atoms with Crippen molar-refractivity contribution in [2.24, 2.45) is 0 Å². The smallest absolute Gasteiger partial charge is 0.261 e. The Bertz CT molecular complexity index is 708. The van der Waals surface area contributed by atoms with E-state index in [1.54, 1.807) is 30.6 Å². The first-order valence-electron chi connectivity index (χ1n) is 5.78. The molecule has 0 aliphatic heterocycles. The van der Waals surface area contributed by atoms with Gasteiger partial charge < -0.3 is 9.63 Å². The highest BCUT2D eigenvalue weighted by atomic mass is 16.5. The van der Waals surface area contributed by atoms with E-state index in [9.17, 15) is 5.11 Å². The summed E-state index contributed by atoms with van der Waals surface area (Å²) in [5.74, 6) is 0.862. The van der Waals surface area contributed by atoms with Gasteiger partial charge in [0.05, 0.1) is 5.56 Å². The topological polar surface area (TPSA) is 72.0 Å². The number of aromatic hydroxyl groups is 1. The molecule has 0 saturated carbocycles. The van der Waals surface area contributed by atoms with Crippen molar-refractivity contribution < 1.29 is 9.63 Å². The maximum Gasteiger partial charge on any atom is 0.261 e. The molecule has 3 aromatic rings. The molecule has 0 bridgehead atoms. The summed E-state index contributed by atoms with van der Waals surface area (Å²) < 4.78 is 5.18. The van der Waals surface area contributed by atoms with E-state index in [-0.39, 0.29) is 11.6 Å². The first kappa shape index (κ1) is 11.4. The van der Waals surface area contributed by atoms with Gasteiger partial charge >= 0.3 is 0 Å². The van der Waals surface area contributed by atoms with Crippen LogP contribution in [0.1, 0.15) is 5.56 Å². The summed E-state index contributed by atoms with van der Waals surface area (Å²) >= 11 is 0. The van der Waals surface area contributed by atoms with Gasteiger partial charge in [-0.05, 0) is 36.8 Å². The van der Waals surface area contributed by atoms with Crippen LogP contribution >= 0.6 is 0 Å². The minimum atomic E-state index is 0.126. The number of pyridine rings is 1. The first-order valence-corrected chi connectivity index (χ1v) is 5.78. The zero-order valence-corrected chi connectivity index (χ0v) is 10.2. The van der Waals surface area contributed by atoms with Gasteiger partial charge in [0, 0.05) is 18.0 Å². The predicted molar refractivity (Wildman–Crippen MR) is 69.4 cm³/mol. The van der Waals surface area contributed by atoms with Gasteiger partial charge in [-0.15, -0.1) is 0 Å². The van der Waals surface area contributed by atoms with E-state index in [1.807, 2.05) is 19.1 Å². The number of rotatable bonds is 2. The second-order valence-corrected chi connectivity index (χ2v) is 4.19. The molecule has 1 aromatic carbocycles. The van der Waals surface area contributed by atoms with Crippen LogP contribution in [0.15, 0.2) is 47.2 Å². The van der Waals surface area contributed by atoms with Gasteiger partial charge in [0.1, 0.15) is 5.75 Å². The van der Waals surface area contributed by atoms with Crippen LogP contribution in [0, 0.1) is 6.92 Å². The molecule has 0 amide bonds. The van der Waals surface area contributed by atoms with E-state index < -0.39 is 0 Å². The molecule has 5 heteroatoms. The average molecular weight is 253 g/mol.